The van der Waals surface area contributed by atoms with Crippen LogP contribution < -0.4 is 0 Å². The number of nitrogens with zero attached hydrogens (tertiary/aromatic N) is 3. The lowest BCUT2D eigenvalue weighted by molar-refractivity contribution is 0.0592. The Bertz CT molecular complexity index is 667. The third-order valence-corrected chi connectivity index (χ3v) is 3.83. The fourth-order valence-electron chi connectivity index (χ4n) is 2.71. The zero-order valence-electron chi connectivity index (χ0n) is 11.9. The highest BCUT2D eigenvalue weighted by Gasteiger charge is 2.30. The average Bonchev–Trinajstić information content (AvgIpc) is 3.08. The van der Waals surface area contributed by atoms with Crippen LogP contribution in [0.1, 0.15) is 52.0 Å². The predicted molar refractivity (Wildman–Crippen MR) is 77.4 cm³/mol. The molecule has 7 nitrogen and oxygen atoms in total. The Labute approximate surface area is 127 Å². The van der Waals surface area contributed by atoms with Gasteiger partial charge >= 0.3 is 5.97 Å². The van der Waals surface area contributed by atoms with Crippen molar-refractivity contribution in [2.45, 2.75) is 25.3 Å². The van der Waals surface area contributed by atoms with E-state index in [4.69, 9.17) is 5.11 Å². The number of hydrogen-bond donors (Lipinski definition) is 2. The minimum atomic E-state index is -1.06. The second-order valence-electron chi connectivity index (χ2n) is 5.22. The van der Waals surface area contributed by atoms with E-state index in [0.717, 1.165) is 25.1 Å². The molecule has 7 heteroatoms. The Morgan fingerprint density at radius 2 is 2.14 bits per heavy atom. The van der Waals surface area contributed by atoms with E-state index in [2.05, 4.69) is 15.0 Å². The van der Waals surface area contributed by atoms with Crippen molar-refractivity contribution in [3.8, 4) is 0 Å². The van der Waals surface area contributed by atoms with Crippen LogP contribution in [0, 0.1) is 0 Å². The lowest BCUT2D eigenvalue weighted by atomic mass is 10.0. The van der Waals surface area contributed by atoms with Gasteiger partial charge < -0.3 is 15.0 Å². The van der Waals surface area contributed by atoms with Crippen LogP contribution >= 0.6 is 0 Å². The Morgan fingerprint density at radius 1 is 1.27 bits per heavy atom. The van der Waals surface area contributed by atoms with Crippen molar-refractivity contribution >= 4 is 11.9 Å². The van der Waals surface area contributed by atoms with Crippen LogP contribution in [0.15, 0.2) is 30.7 Å². The number of likely N-dealkylation sites (tertiary alicyclic amines) is 1. The molecule has 2 aromatic rings. The number of rotatable bonds is 3. The second kappa shape index (κ2) is 5.97. The van der Waals surface area contributed by atoms with E-state index in [1.807, 2.05) is 0 Å². The summed E-state index contributed by atoms with van der Waals surface area (Å²) in [6, 6.07) is 2.77. The van der Waals surface area contributed by atoms with Gasteiger partial charge in [0.1, 0.15) is 11.5 Å². The van der Waals surface area contributed by atoms with Gasteiger partial charge in [0, 0.05) is 25.1 Å². The van der Waals surface area contributed by atoms with E-state index in [-0.39, 0.29) is 23.2 Å². The lowest BCUT2D eigenvalue weighted by Crippen LogP contribution is -2.39. The maximum atomic E-state index is 12.7. The van der Waals surface area contributed by atoms with Gasteiger partial charge in [-0.3, -0.25) is 9.78 Å². The van der Waals surface area contributed by atoms with Gasteiger partial charge in [0.15, 0.2) is 0 Å². The summed E-state index contributed by atoms with van der Waals surface area (Å²) in [6.07, 6.45) is 7.46. The van der Waals surface area contributed by atoms with Crippen molar-refractivity contribution in [1.82, 2.24) is 19.9 Å². The summed E-state index contributed by atoms with van der Waals surface area (Å²) in [5.74, 6) is -0.480. The summed E-state index contributed by atoms with van der Waals surface area (Å²) in [5, 5.41) is 8.88. The molecule has 1 atom stereocenters. The molecule has 3 rings (SSSR count). The van der Waals surface area contributed by atoms with Crippen LogP contribution in [0.25, 0.3) is 0 Å². The predicted octanol–water partition coefficient (Wildman–Crippen LogP) is 1.87. The number of carboxylic acid groups (broad SMARTS) is 1. The first-order chi connectivity index (χ1) is 10.7. The SMILES string of the molecule is O=C(O)c1ccc(C(=O)N2CCCCC2c2ncc[nH]2)nc1. The van der Waals surface area contributed by atoms with Gasteiger partial charge in [0.05, 0.1) is 11.6 Å². The molecule has 0 bridgehead atoms. The molecular formula is C15H16N4O3. The van der Waals surface area contributed by atoms with Crippen molar-refractivity contribution in [3.63, 3.8) is 0 Å². The highest BCUT2D eigenvalue weighted by atomic mass is 16.4. The standard InChI is InChI=1S/C15H16N4O3/c20-14(11-5-4-10(9-18-11)15(21)22)19-8-2-1-3-12(19)13-16-6-7-17-13/h4-7,9,12H,1-3,8H2,(H,16,17)(H,21,22). The third-order valence-electron chi connectivity index (χ3n) is 3.83. The van der Waals surface area contributed by atoms with Crippen LogP contribution in [0.2, 0.25) is 0 Å². The number of imidazole rings is 1. The summed E-state index contributed by atoms with van der Waals surface area (Å²) in [6.45, 7) is 0.645. The van der Waals surface area contributed by atoms with Crippen LogP contribution in [0.3, 0.4) is 0 Å². The fourth-order valence-corrected chi connectivity index (χ4v) is 2.71. The van der Waals surface area contributed by atoms with E-state index in [1.165, 1.54) is 18.3 Å². The first kappa shape index (κ1) is 14.2. The van der Waals surface area contributed by atoms with Crippen molar-refractivity contribution in [1.29, 1.82) is 0 Å². The zero-order chi connectivity index (χ0) is 15.5. The topological polar surface area (TPSA) is 99.2 Å². The molecular weight excluding hydrogens is 284 g/mol. The molecule has 1 fully saturated rings. The van der Waals surface area contributed by atoms with Gasteiger partial charge in [0.2, 0.25) is 0 Å². The molecule has 3 heterocycles. The number of carbonyl (C=O) groups excluding carboxylic acids is 1. The number of carbonyl (C=O) groups is 2. The Morgan fingerprint density at radius 3 is 2.77 bits per heavy atom. The smallest absolute Gasteiger partial charge is 0.337 e. The van der Waals surface area contributed by atoms with E-state index in [9.17, 15) is 9.59 Å². The molecule has 1 amide bonds. The highest BCUT2D eigenvalue weighted by molar-refractivity contribution is 5.94. The number of H-pyrrole nitrogens is 1. The number of piperidine rings is 1. The van der Waals surface area contributed by atoms with Gasteiger partial charge in [-0.1, -0.05) is 0 Å². The largest absolute Gasteiger partial charge is 0.478 e. The molecule has 1 saturated heterocycles. The summed E-state index contributed by atoms with van der Waals surface area (Å²) in [7, 11) is 0. The van der Waals surface area contributed by atoms with Crippen LogP contribution in [0.5, 0.6) is 0 Å². The molecule has 1 aliphatic rings. The lowest BCUT2D eigenvalue weighted by Gasteiger charge is -2.34. The Balaban J connectivity index is 1.84. The minimum absolute atomic E-state index is 0.0674. The molecule has 22 heavy (non-hydrogen) atoms. The molecule has 0 saturated carbocycles. The van der Waals surface area contributed by atoms with Gasteiger partial charge in [-0.15, -0.1) is 0 Å². The van der Waals surface area contributed by atoms with Gasteiger partial charge in [0.25, 0.3) is 5.91 Å². The van der Waals surface area contributed by atoms with Crippen LogP contribution in [-0.4, -0.2) is 43.4 Å². The molecule has 1 unspecified atom stereocenters. The van der Waals surface area contributed by atoms with Crippen molar-refractivity contribution < 1.29 is 14.7 Å². The summed E-state index contributed by atoms with van der Waals surface area (Å²) < 4.78 is 0. The molecule has 1 aliphatic heterocycles. The molecule has 0 aromatic carbocycles. The monoisotopic (exact) mass is 300 g/mol. The maximum Gasteiger partial charge on any atom is 0.337 e. The van der Waals surface area contributed by atoms with Gasteiger partial charge in [-0.05, 0) is 31.4 Å². The van der Waals surface area contributed by atoms with Crippen molar-refractivity contribution in [2.24, 2.45) is 0 Å². The number of aromatic amines is 1. The van der Waals surface area contributed by atoms with E-state index in [0.29, 0.717) is 6.54 Å². The fraction of sp³-hybridized carbons (Fsp3) is 0.333. The van der Waals surface area contributed by atoms with Crippen LogP contribution in [0.4, 0.5) is 0 Å². The number of hydrogen-bond acceptors (Lipinski definition) is 4. The quantitative estimate of drug-likeness (QED) is 0.901. The molecule has 2 N–H and O–H groups in total. The number of aromatic nitrogens is 3. The Hall–Kier alpha value is -2.70. The summed E-state index contributed by atoms with van der Waals surface area (Å²) in [4.78, 5) is 36.6. The average molecular weight is 300 g/mol. The molecule has 0 aliphatic carbocycles. The molecule has 0 spiro atoms. The van der Waals surface area contributed by atoms with E-state index in [1.54, 1.807) is 17.3 Å². The summed E-state index contributed by atoms with van der Waals surface area (Å²) in [5.41, 5.74) is 0.321. The normalized spacial score (nSPS) is 18.2. The minimum Gasteiger partial charge on any atom is -0.478 e. The van der Waals surface area contributed by atoms with Gasteiger partial charge in [-0.2, -0.15) is 0 Å². The van der Waals surface area contributed by atoms with Crippen molar-refractivity contribution in [2.75, 3.05) is 6.54 Å². The summed E-state index contributed by atoms with van der Waals surface area (Å²) >= 11 is 0. The number of pyridine rings is 1. The molecule has 0 radical (unpaired) electrons. The van der Waals surface area contributed by atoms with Crippen LogP contribution in [-0.2, 0) is 0 Å². The maximum absolute atomic E-state index is 12.7. The first-order valence-corrected chi connectivity index (χ1v) is 7.16. The molecule has 2 aromatic heterocycles. The van der Waals surface area contributed by atoms with Gasteiger partial charge in [-0.25, -0.2) is 9.78 Å². The third kappa shape index (κ3) is 2.69. The number of aromatic carboxylic acids is 1. The number of nitrogens with one attached hydrogen (secondary N) is 1. The molecule has 114 valence electrons. The number of amides is 1. The van der Waals surface area contributed by atoms with E-state index >= 15 is 0 Å². The highest BCUT2D eigenvalue weighted by Crippen LogP contribution is 2.29. The zero-order valence-corrected chi connectivity index (χ0v) is 11.9. The Kier molecular flexibility index (Phi) is 3.86. The van der Waals surface area contributed by atoms with E-state index < -0.39 is 5.97 Å². The first-order valence-electron chi connectivity index (χ1n) is 7.16. The second-order valence-corrected chi connectivity index (χ2v) is 5.22. The van der Waals surface area contributed by atoms with Crippen molar-refractivity contribution in [3.05, 3.63) is 47.8 Å². The number of carboxylic acids is 1.